The number of hydrogen-bond donors (Lipinski definition) is 3. The van der Waals surface area contributed by atoms with Crippen LogP contribution in [0.1, 0.15) is 69.3 Å². The first kappa shape index (κ1) is 41.0. The first-order valence-electron chi connectivity index (χ1n) is 22.8. The number of phenolic OH excluding ortho intramolecular Hbond substituents is 1. The van der Waals surface area contributed by atoms with Gasteiger partial charge in [-0.2, -0.15) is 0 Å². The van der Waals surface area contributed by atoms with Gasteiger partial charge in [0.2, 0.25) is 17.7 Å². The number of aromatic nitrogens is 2. The van der Waals surface area contributed by atoms with Gasteiger partial charge < -0.3 is 39.9 Å². The number of fused-ring (bicyclic) bond motifs is 1. The van der Waals surface area contributed by atoms with E-state index in [-0.39, 0.29) is 41.2 Å². The summed E-state index contributed by atoms with van der Waals surface area (Å²) in [5.41, 5.74) is 11.7. The standard InChI is InChI=1S/C48H57N9O6/c49-46-41(29-38(51-52-46)37-8-1-2-11-42(37)58)55-24-25-57(48(31-55)18-5-19-48)33-6-3-7-35(28-33)63-34-16-22-54(23-17-34)44(60)30-53-20-14-32(15-21-53)36-9-4-10-39-45(36)62-27-26-56(39)40-12-13-43(59)50-47(40)61/h1-4,6-11,28-29,32,34,40,58H,5,12-27,30-31H2,(H2,49,52)(H,50,59,61). The summed E-state index contributed by atoms with van der Waals surface area (Å²) in [6.45, 7) is 6.95. The van der Waals surface area contributed by atoms with Gasteiger partial charge in [0, 0.05) is 69.3 Å². The quantitative estimate of drug-likeness (QED) is 0.194. The average Bonchev–Trinajstić information content (AvgIpc) is 3.29. The Balaban J connectivity index is 0.710. The smallest absolute Gasteiger partial charge is 0.249 e. The Labute approximate surface area is 368 Å². The van der Waals surface area contributed by atoms with Gasteiger partial charge in [0.1, 0.15) is 36.0 Å². The maximum atomic E-state index is 13.6. The first-order chi connectivity index (χ1) is 30.7. The molecule has 1 aliphatic carbocycles. The highest BCUT2D eigenvalue weighted by molar-refractivity contribution is 6.02. The third kappa shape index (κ3) is 8.18. The lowest BCUT2D eigenvalue weighted by Crippen LogP contribution is -2.66. The maximum absolute atomic E-state index is 13.6. The second-order valence-corrected chi connectivity index (χ2v) is 18.1. The van der Waals surface area contributed by atoms with Crippen LogP contribution in [0.5, 0.6) is 17.2 Å². The molecule has 4 N–H and O–H groups in total. The molecule has 0 bridgehead atoms. The Morgan fingerprint density at radius 2 is 1.68 bits per heavy atom. The summed E-state index contributed by atoms with van der Waals surface area (Å²) in [6, 6.07) is 23.4. The molecule has 4 aromatic rings. The Hall–Kier alpha value is -6.09. The van der Waals surface area contributed by atoms with Crippen molar-refractivity contribution in [2.75, 3.05) is 85.9 Å². The van der Waals surface area contributed by atoms with E-state index in [1.165, 1.54) is 12.0 Å². The normalized spacial score (nSPS) is 22.0. The van der Waals surface area contributed by atoms with E-state index in [2.05, 4.69) is 59.4 Å². The number of nitrogens with one attached hydrogen (secondary N) is 1. The van der Waals surface area contributed by atoms with E-state index < -0.39 is 0 Å². The molecule has 3 aromatic carbocycles. The predicted octanol–water partition coefficient (Wildman–Crippen LogP) is 4.93. The highest BCUT2D eigenvalue weighted by Gasteiger charge is 2.47. The largest absolute Gasteiger partial charge is 0.507 e. The summed E-state index contributed by atoms with van der Waals surface area (Å²) < 4.78 is 12.9. The van der Waals surface area contributed by atoms with Gasteiger partial charge in [-0.3, -0.25) is 24.6 Å². The molecule has 15 nitrogen and oxygen atoms in total. The fraction of sp³-hybridized carbons (Fsp3) is 0.479. The molecule has 1 aromatic heterocycles. The number of carbonyl (C=O) groups excluding carboxylic acids is 3. The van der Waals surface area contributed by atoms with Crippen molar-refractivity contribution in [1.82, 2.24) is 25.3 Å². The molecule has 330 valence electrons. The molecule has 1 spiro atoms. The molecule has 1 unspecified atom stereocenters. The lowest BCUT2D eigenvalue weighted by Gasteiger charge is -2.57. The van der Waals surface area contributed by atoms with Gasteiger partial charge in [-0.25, -0.2) is 0 Å². The number of rotatable bonds is 9. The maximum Gasteiger partial charge on any atom is 0.249 e. The van der Waals surface area contributed by atoms with E-state index >= 15 is 0 Å². The van der Waals surface area contributed by atoms with Crippen molar-refractivity contribution in [3.63, 3.8) is 0 Å². The van der Waals surface area contributed by atoms with Crippen LogP contribution in [-0.2, 0) is 14.4 Å². The van der Waals surface area contributed by atoms with Crippen LogP contribution in [0.15, 0.2) is 72.8 Å². The van der Waals surface area contributed by atoms with Crippen LogP contribution < -0.4 is 35.2 Å². The molecule has 5 fully saturated rings. The fourth-order valence-corrected chi connectivity index (χ4v) is 10.8. The molecule has 3 amide bonds. The van der Waals surface area contributed by atoms with Gasteiger partial charge in [0.05, 0.1) is 35.7 Å². The van der Waals surface area contributed by atoms with E-state index in [0.717, 1.165) is 99.8 Å². The molecule has 1 saturated carbocycles. The number of ether oxygens (including phenoxy) is 2. The molecule has 5 aliphatic heterocycles. The zero-order chi connectivity index (χ0) is 43.1. The zero-order valence-corrected chi connectivity index (χ0v) is 35.8. The van der Waals surface area contributed by atoms with Crippen molar-refractivity contribution in [2.24, 2.45) is 0 Å². The van der Waals surface area contributed by atoms with Gasteiger partial charge in [-0.1, -0.05) is 30.3 Å². The van der Waals surface area contributed by atoms with Crippen molar-refractivity contribution in [3.8, 4) is 28.5 Å². The first-order valence-corrected chi connectivity index (χ1v) is 22.8. The molecule has 6 aliphatic rings. The lowest BCUT2D eigenvalue weighted by molar-refractivity contribution is -0.135. The summed E-state index contributed by atoms with van der Waals surface area (Å²) in [6.07, 6.45) is 7.67. The number of phenols is 1. The number of piperidine rings is 3. The van der Waals surface area contributed by atoms with E-state index in [0.29, 0.717) is 68.6 Å². The minimum atomic E-state index is -0.374. The van der Waals surface area contributed by atoms with Crippen molar-refractivity contribution in [1.29, 1.82) is 0 Å². The minimum absolute atomic E-state index is 0.0284. The number of para-hydroxylation sites is 2. The average molecular weight is 856 g/mol. The summed E-state index contributed by atoms with van der Waals surface area (Å²) in [7, 11) is 0. The van der Waals surface area contributed by atoms with Gasteiger partial charge in [-0.05, 0) is 99.5 Å². The Kier molecular flexibility index (Phi) is 11.2. The van der Waals surface area contributed by atoms with Crippen LogP contribution in [0.2, 0.25) is 0 Å². The second kappa shape index (κ2) is 17.2. The summed E-state index contributed by atoms with van der Waals surface area (Å²) in [5, 5.41) is 21.6. The fourth-order valence-electron chi connectivity index (χ4n) is 10.8. The minimum Gasteiger partial charge on any atom is -0.507 e. The summed E-state index contributed by atoms with van der Waals surface area (Å²) in [4.78, 5) is 49.4. The number of amides is 3. The van der Waals surface area contributed by atoms with Crippen LogP contribution in [0.25, 0.3) is 11.3 Å². The number of aromatic hydroxyl groups is 1. The number of carbonyl (C=O) groups is 3. The van der Waals surface area contributed by atoms with E-state index in [9.17, 15) is 19.5 Å². The van der Waals surface area contributed by atoms with E-state index in [1.54, 1.807) is 12.1 Å². The monoisotopic (exact) mass is 855 g/mol. The molecule has 4 saturated heterocycles. The van der Waals surface area contributed by atoms with Gasteiger partial charge in [0.25, 0.3) is 0 Å². The molecule has 0 radical (unpaired) electrons. The molecular weight excluding hydrogens is 799 g/mol. The molecule has 6 heterocycles. The van der Waals surface area contributed by atoms with Crippen molar-refractivity contribution < 1.29 is 29.0 Å². The third-order valence-corrected chi connectivity index (χ3v) is 14.4. The number of anilines is 4. The van der Waals surface area contributed by atoms with E-state index in [1.807, 2.05) is 41.3 Å². The van der Waals surface area contributed by atoms with Gasteiger partial charge in [0.15, 0.2) is 5.82 Å². The number of likely N-dealkylation sites (tertiary alicyclic amines) is 2. The highest BCUT2D eigenvalue weighted by atomic mass is 16.5. The number of hydrogen-bond acceptors (Lipinski definition) is 13. The molecular formula is C48H57N9O6. The summed E-state index contributed by atoms with van der Waals surface area (Å²) in [5.74, 6) is 2.31. The van der Waals surface area contributed by atoms with Crippen LogP contribution >= 0.6 is 0 Å². The molecule has 63 heavy (non-hydrogen) atoms. The number of benzene rings is 3. The van der Waals surface area contributed by atoms with Crippen LogP contribution in [0, 0.1) is 0 Å². The number of nitrogens with two attached hydrogens (primary N) is 1. The van der Waals surface area contributed by atoms with Crippen LogP contribution in [-0.4, -0.2) is 126 Å². The molecule has 10 rings (SSSR count). The zero-order valence-electron chi connectivity index (χ0n) is 35.8. The van der Waals surface area contributed by atoms with Gasteiger partial charge in [-0.15, -0.1) is 10.2 Å². The number of nitrogen functional groups attached to an aromatic ring is 1. The van der Waals surface area contributed by atoms with E-state index in [4.69, 9.17) is 15.2 Å². The van der Waals surface area contributed by atoms with Crippen LogP contribution in [0.4, 0.5) is 22.9 Å². The topological polar surface area (TPSA) is 170 Å². The molecule has 1 atom stereocenters. The van der Waals surface area contributed by atoms with Crippen molar-refractivity contribution in [3.05, 3.63) is 78.4 Å². The molecule has 15 heteroatoms. The Morgan fingerprint density at radius 1 is 0.873 bits per heavy atom. The summed E-state index contributed by atoms with van der Waals surface area (Å²) >= 11 is 0. The van der Waals surface area contributed by atoms with Crippen LogP contribution in [0.3, 0.4) is 0 Å². The van der Waals surface area contributed by atoms with Crippen molar-refractivity contribution in [2.45, 2.75) is 81.4 Å². The Morgan fingerprint density at radius 3 is 2.46 bits per heavy atom. The number of imide groups is 1. The van der Waals surface area contributed by atoms with Crippen molar-refractivity contribution >= 4 is 40.6 Å². The second-order valence-electron chi connectivity index (χ2n) is 18.1. The number of nitrogens with zero attached hydrogens (tertiary/aromatic N) is 7. The Bertz CT molecular complexity index is 2360. The third-order valence-electron chi connectivity index (χ3n) is 14.4. The SMILES string of the molecule is Nc1nnc(-c2ccccc2O)cc1N1CCN(c2cccc(OC3CCN(C(=O)CN4CCC(c5cccc6c5OCCN6C5CCC(=O)NC5=O)CC4)CC3)c2)C2(CCC2)C1. The van der Waals surface area contributed by atoms with Gasteiger partial charge >= 0.3 is 0 Å². The highest BCUT2D eigenvalue weighted by Crippen LogP contribution is 2.46. The lowest BCUT2D eigenvalue weighted by atomic mass is 9.73. The number of piperazine rings is 1. The predicted molar refractivity (Wildman–Crippen MR) is 240 cm³/mol.